The highest BCUT2D eigenvalue weighted by atomic mass is 32.2. The van der Waals surface area contributed by atoms with Gasteiger partial charge in [0.2, 0.25) is 5.91 Å². The zero-order valence-corrected chi connectivity index (χ0v) is 17.9. The lowest BCUT2D eigenvalue weighted by molar-refractivity contribution is -0.118. The quantitative estimate of drug-likeness (QED) is 0.686. The summed E-state index contributed by atoms with van der Waals surface area (Å²) in [6.45, 7) is 7.34. The van der Waals surface area contributed by atoms with Crippen molar-refractivity contribution in [1.29, 1.82) is 0 Å². The summed E-state index contributed by atoms with van der Waals surface area (Å²) in [7, 11) is 2.16. The van der Waals surface area contributed by atoms with E-state index in [0.29, 0.717) is 11.7 Å². The number of piperidine rings is 1. The summed E-state index contributed by atoms with van der Waals surface area (Å²) in [6.07, 6.45) is 3.30. The molecule has 1 fully saturated rings. The number of carbonyl (C=O) groups is 1. The van der Waals surface area contributed by atoms with Gasteiger partial charge in [-0.15, -0.1) is 10.2 Å². The average molecular weight is 402 g/mol. The van der Waals surface area contributed by atoms with Crippen molar-refractivity contribution in [3.05, 3.63) is 30.3 Å². The van der Waals surface area contributed by atoms with Crippen LogP contribution < -0.4 is 5.32 Å². The van der Waals surface area contributed by atoms with E-state index in [1.165, 1.54) is 11.8 Å². The monoisotopic (exact) mass is 401 g/mol. The Bertz CT molecular complexity index is 755. The highest BCUT2D eigenvalue weighted by Crippen LogP contribution is 2.28. The van der Waals surface area contributed by atoms with Crippen LogP contribution in [-0.2, 0) is 4.79 Å². The zero-order chi connectivity index (χ0) is 19.9. The maximum absolute atomic E-state index is 12.4. The van der Waals surface area contributed by atoms with Gasteiger partial charge in [-0.2, -0.15) is 0 Å². The molecular weight excluding hydrogens is 370 g/mol. The molecule has 1 unspecified atom stereocenters. The average Bonchev–Trinajstić information content (AvgIpc) is 3.16. The minimum Gasteiger partial charge on any atom is -0.355 e. The predicted octanol–water partition coefficient (Wildman–Crippen LogP) is 3.47. The van der Waals surface area contributed by atoms with Crippen molar-refractivity contribution < 1.29 is 4.79 Å². The molecule has 1 atom stereocenters. The van der Waals surface area contributed by atoms with Gasteiger partial charge in [-0.1, -0.05) is 49.0 Å². The molecule has 3 rings (SSSR count). The van der Waals surface area contributed by atoms with Crippen LogP contribution in [0.5, 0.6) is 0 Å². The highest BCUT2D eigenvalue weighted by Gasteiger charge is 2.20. The third kappa shape index (κ3) is 5.35. The Hall–Kier alpha value is -1.86. The molecule has 0 spiro atoms. The first kappa shape index (κ1) is 20.9. The Balaban J connectivity index is 1.59. The van der Waals surface area contributed by atoms with Gasteiger partial charge in [-0.3, -0.25) is 9.36 Å². The Kier molecular flexibility index (Phi) is 7.50. The minimum atomic E-state index is 0.0730. The van der Waals surface area contributed by atoms with Crippen molar-refractivity contribution in [2.75, 3.05) is 32.4 Å². The topological polar surface area (TPSA) is 63.1 Å². The molecule has 1 aliphatic heterocycles. The maximum atomic E-state index is 12.4. The van der Waals surface area contributed by atoms with E-state index in [4.69, 9.17) is 0 Å². The Morgan fingerprint density at radius 2 is 1.96 bits per heavy atom. The third-order valence-corrected chi connectivity index (χ3v) is 6.43. The van der Waals surface area contributed by atoms with E-state index in [1.54, 1.807) is 0 Å². The van der Waals surface area contributed by atoms with Crippen LogP contribution in [0.2, 0.25) is 0 Å². The molecule has 7 heteroatoms. The first-order valence-electron chi connectivity index (χ1n) is 10.2. The molecule has 1 N–H and O–H groups in total. The van der Waals surface area contributed by atoms with Crippen molar-refractivity contribution in [3.63, 3.8) is 0 Å². The van der Waals surface area contributed by atoms with Gasteiger partial charge in [-0.05, 0) is 52.2 Å². The van der Waals surface area contributed by atoms with Crippen LogP contribution in [0.25, 0.3) is 11.4 Å². The molecule has 1 aromatic carbocycles. The molecule has 0 bridgehead atoms. The van der Waals surface area contributed by atoms with Gasteiger partial charge in [0.05, 0.1) is 5.75 Å². The van der Waals surface area contributed by atoms with Gasteiger partial charge >= 0.3 is 0 Å². The van der Waals surface area contributed by atoms with E-state index in [9.17, 15) is 4.79 Å². The third-order valence-electron chi connectivity index (χ3n) is 5.49. The van der Waals surface area contributed by atoms with Crippen LogP contribution in [0.3, 0.4) is 0 Å². The highest BCUT2D eigenvalue weighted by molar-refractivity contribution is 7.99. The van der Waals surface area contributed by atoms with E-state index < -0.39 is 0 Å². The second kappa shape index (κ2) is 10.1. The van der Waals surface area contributed by atoms with E-state index in [-0.39, 0.29) is 11.9 Å². The fraction of sp³-hybridized carbons (Fsp3) is 0.571. The predicted molar refractivity (Wildman–Crippen MR) is 114 cm³/mol. The van der Waals surface area contributed by atoms with Gasteiger partial charge in [-0.25, -0.2) is 0 Å². The van der Waals surface area contributed by atoms with E-state index in [2.05, 4.69) is 45.9 Å². The number of thioether (sulfide) groups is 1. The molecule has 1 saturated heterocycles. The minimum absolute atomic E-state index is 0.0730. The van der Waals surface area contributed by atoms with Gasteiger partial charge in [0.25, 0.3) is 0 Å². The lowest BCUT2D eigenvalue weighted by Gasteiger charge is -2.28. The lowest BCUT2D eigenvalue weighted by Crippen LogP contribution is -2.37. The second-order valence-corrected chi connectivity index (χ2v) is 8.58. The molecule has 2 heterocycles. The first-order chi connectivity index (χ1) is 13.6. The number of nitrogens with zero attached hydrogens (tertiary/aromatic N) is 4. The standard InChI is InChI=1S/C21H31N5OS/c1-4-16(2)26-20(18-8-6-5-7-9-18)23-24-21(26)28-15-19(27)22-14-17-10-12-25(3)13-11-17/h5-9,16-17H,4,10-15H2,1-3H3,(H,22,27). The summed E-state index contributed by atoms with van der Waals surface area (Å²) in [5, 5.41) is 12.7. The molecule has 0 aliphatic carbocycles. The largest absolute Gasteiger partial charge is 0.355 e. The van der Waals surface area contributed by atoms with E-state index in [0.717, 1.165) is 55.4 Å². The number of benzene rings is 1. The summed E-state index contributed by atoms with van der Waals surface area (Å²) >= 11 is 1.47. The van der Waals surface area contributed by atoms with Crippen molar-refractivity contribution in [3.8, 4) is 11.4 Å². The van der Waals surface area contributed by atoms with Gasteiger partial charge in [0.15, 0.2) is 11.0 Å². The van der Waals surface area contributed by atoms with Crippen molar-refractivity contribution in [2.45, 2.75) is 44.3 Å². The molecule has 1 aliphatic rings. The number of amides is 1. The molecule has 1 aromatic heterocycles. The molecule has 152 valence electrons. The smallest absolute Gasteiger partial charge is 0.230 e. The zero-order valence-electron chi connectivity index (χ0n) is 17.1. The van der Waals surface area contributed by atoms with Crippen LogP contribution in [0.1, 0.15) is 39.2 Å². The van der Waals surface area contributed by atoms with E-state index >= 15 is 0 Å². The number of nitrogens with one attached hydrogen (secondary N) is 1. The molecular formula is C21H31N5OS. The van der Waals surface area contributed by atoms with Crippen molar-refractivity contribution in [2.24, 2.45) is 5.92 Å². The fourth-order valence-electron chi connectivity index (χ4n) is 3.44. The van der Waals surface area contributed by atoms with Gasteiger partial charge < -0.3 is 10.2 Å². The number of aromatic nitrogens is 3. The SMILES string of the molecule is CCC(C)n1c(SCC(=O)NCC2CCN(C)CC2)nnc1-c1ccccc1. The van der Waals surface area contributed by atoms with Gasteiger partial charge in [0.1, 0.15) is 0 Å². The molecule has 1 amide bonds. The van der Waals surface area contributed by atoms with Crippen molar-refractivity contribution >= 4 is 17.7 Å². The molecule has 6 nitrogen and oxygen atoms in total. The summed E-state index contributed by atoms with van der Waals surface area (Å²) in [5.74, 6) is 1.90. The number of hydrogen-bond acceptors (Lipinski definition) is 5. The van der Waals surface area contributed by atoms with Crippen LogP contribution in [0.15, 0.2) is 35.5 Å². The number of carbonyl (C=O) groups excluding carboxylic acids is 1. The molecule has 28 heavy (non-hydrogen) atoms. The Labute approximate surface area is 172 Å². The van der Waals surface area contributed by atoms with E-state index in [1.807, 2.05) is 30.3 Å². The second-order valence-electron chi connectivity index (χ2n) is 7.64. The Morgan fingerprint density at radius 1 is 1.25 bits per heavy atom. The molecule has 0 radical (unpaired) electrons. The van der Waals surface area contributed by atoms with Crippen molar-refractivity contribution in [1.82, 2.24) is 25.0 Å². The Morgan fingerprint density at radius 3 is 2.64 bits per heavy atom. The summed E-state index contributed by atoms with van der Waals surface area (Å²) < 4.78 is 2.16. The first-order valence-corrected chi connectivity index (χ1v) is 11.2. The number of likely N-dealkylation sites (tertiary alicyclic amines) is 1. The summed E-state index contributed by atoms with van der Waals surface area (Å²) in [5.41, 5.74) is 1.05. The number of rotatable bonds is 8. The molecule has 2 aromatic rings. The van der Waals surface area contributed by atoms with Crippen LogP contribution in [0, 0.1) is 5.92 Å². The normalized spacial score (nSPS) is 16.8. The maximum Gasteiger partial charge on any atom is 0.230 e. The van der Waals surface area contributed by atoms with Crippen LogP contribution >= 0.6 is 11.8 Å². The summed E-state index contributed by atoms with van der Waals surface area (Å²) in [6, 6.07) is 10.4. The fourth-order valence-corrected chi connectivity index (χ4v) is 4.31. The van der Waals surface area contributed by atoms with Crippen LogP contribution in [-0.4, -0.2) is 58.0 Å². The summed E-state index contributed by atoms with van der Waals surface area (Å²) in [4.78, 5) is 14.7. The number of hydrogen-bond donors (Lipinski definition) is 1. The van der Waals surface area contributed by atoms with Crippen LogP contribution in [0.4, 0.5) is 0 Å². The lowest BCUT2D eigenvalue weighted by atomic mass is 9.97. The van der Waals surface area contributed by atoms with Gasteiger partial charge in [0, 0.05) is 18.2 Å². The molecule has 0 saturated carbocycles.